The third-order valence-corrected chi connectivity index (χ3v) is 5.90. The molecule has 2 amide bonds. The molecule has 0 aliphatic heterocycles. The van der Waals surface area contributed by atoms with Gasteiger partial charge in [0.15, 0.2) is 0 Å². The van der Waals surface area contributed by atoms with E-state index in [0.29, 0.717) is 18.5 Å². The number of methoxy groups -OCH3 is 1. The van der Waals surface area contributed by atoms with E-state index < -0.39 is 0 Å². The van der Waals surface area contributed by atoms with E-state index in [1.54, 1.807) is 30.6 Å². The van der Waals surface area contributed by atoms with Crippen LogP contribution in [0.15, 0.2) is 53.9 Å². The number of aromatic nitrogens is 1. The molecule has 0 aliphatic rings. The smallest absolute Gasteiger partial charge is 0.251 e. The van der Waals surface area contributed by atoms with Gasteiger partial charge in [-0.3, -0.25) is 9.59 Å². The van der Waals surface area contributed by atoms with Crippen molar-refractivity contribution in [2.45, 2.75) is 39.3 Å². The number of hydrogen-bond donors (Lipinski definition) is 2. The molecule has 162 valence electrons. The molecule has 0 bridgehead atoms. The predicted octanol–water partition coefficient (Wildman–Crippen LogP) is 4.06. The molecular formula is C24H27N3O3S. The van der Waals surface area contributed by atoms with Crippen molar-refractivity contribution in [3.8, 4) is 5.75 Å². The lowest BCUT2D eigenvalue weighted by molar-refractivity contribution is -0.120. The van der Waals surface area contributed by atoms with Crippen LogP contribution in [-0.2, 0) is 24.2 Å². The summed E-state index contributed by atoms with van der Waals surface area (Å²) in [6.07, 6.45) is 1.20. The highest BCUT2D eigenvalue weighted by molar-refractivity contribution is 7.09. The highest BCUT2D eigenvalue weighted by Gasteiger charge is 2.14. The number of carbonyl (C=O) groups excluding carboxylic acids is 2. The van der Waals surface area contributed by atoms with Crippen LogP contribution in [-0.4, -0.2) is 23.9 Å². The molecule has 1 aromatic heterocycles. The fourth-order valence-electron chi connectivity index (χ4n) is 3.01. The number of benzene rings is 2. The molecule has 3 aromatic rings. The molecule has 0 spiro atoms. The zero-order valence-corrected chi connectivity index (χ0v) is 18.8. The summed E-state index contributed by atoms with van der Waals surface area (Å²) in [5.41, 5.74) is 3.31. The van der Waals surface area contributed by atoms with Gasteiger partial charge in [-0.1, -0.05) is 31.2 Å². The average Bonchev–Trinajstić information content (AvgIpc) is 3.28. The summed E-state index contributed by atoms with van der Waals surface area (Å²) in [7, 11) is 1.61. The molecule has 7 heteroatoms. The van der Waals surface area contributed by atoms with Crippen molar-refractivity contribution in [3.05, 3.63) is 81.3 Å². The van der Waals surface area contributed by atoms with Gasteiger partial charge in [0.2, 0.25) is 5.91 Å². The molecule has 3 rings (SSSR count). The third kappa shape index (κ3) is 6.39. The minimum Gasteiger partial charge on any atom is -0.497 e. The van der Waals surface area contributed by atoms with Crippen molar-refractivity contribution < 1.29 is 14.3 Å². The van der Waals surface area contributed by atoms with E-state index in [0.717, 1.165) is 34.0 Å². The van der Waals surface area contributed by atoms with Gasteiger partial charge in [0, 0.05) is 17.5 Å². The number of carbonyl (C=O) groups is 2. The Balaban J connectivity index is 1.48. The molecular weight excluding hydrogens is 410 g/mol. The van der Waals surface area contributed by atoms with Gasteiger partial charge in [-0.05, 0) is 48.7 Å². The largest absolute Gasteiger partial charge is 0.497 e. The average molecular weight is 438 g/mol. The van der Waals surface area contributed by atoms with Crippen molar-refractivity contribution in [2.24, 2.45) is 0 Å². The van der Waals surface area contributed by atoms with E-state index in [9.17, 15) is 9.59 Å². The second kappa shape index (κ2) is 10.7. The third-order valence-electron chi connectivity index (χ3n) is 4.89. The fourth-order valence-corrected chi connectivity index (χ4v) is 3.84. The van der Waals surface area contributed by atoms with Crippen molar-refractivity contribution in [2.75, 3.05) is 7.11 Å². The zero-order chi connectivity index (χ0) is 22.2. The molecule has 0 saturated heterocycles. The highest BCUT2D eigenvalue weighted by Crippen LogP contribution is 2.17. The van der Waals surface area contributed by atoms with Gasteiger partial charge in [-0.25, -0.2) is 4.98 Å². The standard InChI is InChI=1S/C24H27N3O3S/c1-4-23-27-21(15-31-23)16(2)26-24(29)19-9-5-18(6-10-19)14-25-22(28)13-17-7-11-20(30-3)12-8-17/h5-12,15-16H,4,13-14H2,1-3H3,(H,25,28)(H,26,29). The Morgan fingerprint density at radius 2 is 1.74 bits per heavy atom. The molecule has 1 atom stereocenters. The van der Waals surface area contributed by atoms with Crippen molar-refractivity contribution in [1.29, 1.82) is 0 Å². The molecule has 2 aromatic carbocycles. The van der Waals surface area contributed by atoms with Gasteiger partial charge in [-0.2, -0.15) is 0 Å². The van der Waals surface area contributed by atoms with E-state index in [4.69, 9.17) is 4.74 Å². The minimum absolute atomic E-state index is 0.0597. The highest BCUT2D eigenvalue weighted by atomic mass is 32.1. The normalized spacial score (nSPS) is 11.6. The number of aryl methyl sites for hydroxylation is 1. The first-order valence-corrected chi connectivity index (χ1v) is 11.1. The van der Waals surface area contributed by atoms with Gasteiger partial charge < -0.3 is 15.4 Å². The topological polar surface area (TPSA) is 80.3 Å². The van der Waals surface area contributed by atoms with Gasteiger partial charge in [-0.15, -0.1) is 11.3 Å². The fraction of sp³-hybridized carbons (Fsp3) is 0.292. The Morgan fingerprint density at radius 3 is 2.35 bits per heavy atom. The predicted molar refractivity (Wildman–Crippen MR) is 122 cm³/mol. The summed E-state index contributed by atoms with van der Waals surface area (Å²) in [5.74, 6) is 0.559. The van der Waals surface area contributed by atoms with Crippen LogP contribution >= 0.6 is 11.3 Å². The van der Waals surface area contributed by atoms with Crippen molar-refractivity contribution in [1.82, 2.24) is 15.6 Å². The summed E-state index contributed by atoms with van der Waals surface area (Å²) in [6.45, 7) is 4.40. The lowest BCUT2D eigenvalue weighted by atomic mass is 10.1. The Bertz CT molecular complexity index is 1010. The lowest BCUT2D eigenvalue weighted by Crippen LogP contribution is -2.27. The Labute approximate surface area is 186 Å². The molecule has 6 nitrogen and oxygen atoms in total. The number of hydrogen-bond acceptors (Lipinski definition) is 5. The van der Waals surface area contributed by atoms with E-state index in [1.165, 1.54) is 0 Å². The summed E-state index contributed by atoms with van der Waals surface area (Å²) in [6, 6.07) is 14.5. The molecule has 0 saturated carbocycles. The number of rotatable bonds is 9. The van der Waals surface area contributed by atoms with Crippen LogP contribution in [0, 0.1) is 0 Å². The van der Waals surface area contributed by atoms with Gasteiger partial charge in [0.05, 0.1) is 30.3 Å². The molecule has 0 radical (unpaired) electrons. The quantitative estimate of drug-likeness (QED) is 0.529. The second-order valence-corrected chi connectivity index (χ2v) is 8.16. The van der Waals surface area contributed by atoms with Crippen LogP contribution in [0.25, 0.3) is 0 Å². The van der Waals surface area contributed by atoms with Crippen LogP contribution in [0.2, 0.25) is 0 Å². The Kier molecular flexibility index (Phi) is 7.78. The van der Waals surface area contributed by atoms with E-state index in [1.807, 2.05) is 48.7 Å². The maximum Gasteiger partial charge on any atom is 0.251 e. The van der Waals surface area contributed by atoms with E-state index >= 15 is 0 Å². The SMILES string of the molecule is CCc1nc(C(C)NC(=O)c2ccc(CNC(=O)Cc3ccc(OC)cc3)cc2)cs1. The van der Waals surface area contributed by atoms with E-state index in [2.05, 4.69) is 22.5 Å². The number of ether oxygens (including phenoxy) is 1. The van der Waals surface area contributed by atoms with Crippen LogP contribution in [0.1, 0.15) is 52.1 Å². The monoisotopic (exact) mass is 437 g/mol. The maximum absolute atomic E-state index is 12.5. The minimum atomic E-state index is -0.152. The Morgan fingerprint density at radius 1 is 1.06 bits per heavy atom. The summed E-state index contributed by atoms with van der Waals surface area (Å²) in [5, 5.41) is 8.94. The van der Waals surface area contributed by atoms with Crippen LogP contribution in [0.5, 0.6) is 5.75 Å². The number of amides is 2. The molecule has 1 unspecified atom stereocenters. The lowest BCUT2D eigenvalue weighted by Gasteiger charge is -2.12. The first-order valence-electron chi connectivity index (χ1n) is 10.2. The van der Waals surface area contributed by atoms with Gasteiger partial charge in [0.1, 0.15) is 5.75 Å². The summed E-state index contributed by atoms with van der Waals surface area (Å²) in [4.78, 5) is 29.2. The van der Waals surface area contributed by atoms with E-state index in [-0.39, 0.29) is 17.9 Å². The summed E-state index contributed by atoms with van der Waals surface area (Å²) >= 11 is 1.61. The maximum atomic E-state index is 12.5. The molecule has 1 heterocycles. The molecule has 0 fully saturated rings. The van der Waals surface area contributed by atoms with Gasteiger partial charge in [0.25, 0.3) is 5.91 Å². The van der Waals surface area contributed by atoms with Crippen LogP contribution in [0.4, 0.5) is 0 Å². The van der Waals surface area contributed by atoms with Crippen molar-refractivity contribution in [3.63, 3.8) is 0 Å². The number of nitrogens with one attached hydrogen (secondary N) is 2. The first kappa shape index (κ1) is 22.5. The van der Waals surface area contributed by atoms with Crippen LogP contribution in [0.3, 0.4) is 0 Å². The second-order valence-electron chi connectivity index (χ2n) is 7.21. The van der Waals surface area contributed by atoms with Crippen LogP contribution < -0.4 is 15.4 Å². The van der Waals surface area contributed by atoms with Crippen molar-refractivity contribution >= 4 is 23.2 Å². The number of nitrogens with zero attached hydrogens (tertiary/aromatic N) is 1. The molecule has 0 aliphatic carbocycles. The Hall–Kier alpha value is -3.19. The molecule has 2 N–H and O–H groups in total. The number of thiazole rings is 1. The zero-order valence-electron chi connectivity index (χ0n) is 18.0. The first-order chi connectivity index (χ1) is 15.0. The van der Waals surface area contributed by atoms with Gasteiger partial charge >= 0.3 is 0 Å². The summed E-state index contributed by atoms with van der Waals surface area (Å²) < 4.78 is 5.12. The molecule has 31 heavy (non-hydrogen) atoms.